The molecule has 0 aliphatic carbocycles. The first-order chi connectivity index (χ1) is 9.43. The average Bonchev–Trinajstić information content (AvgIpc) is 2.37. The number of carbonyl (C=O) groups is 2. The third-order valence-corrected chi connectivity index (χ3v) is 2.91. The van der Waals surface area contributed by atoms with Crippen LogP contribution < -0.4 is 10.1 Å². The maximum absolute atomic E-state index is 11.7. The van der Waals surface area contributed by atoms with Crippen LogP contribution in [0.4, 0.5) is 0 Å². The zero-order valence-corrected chi connectivity index (χ0v) is 12.1. The second-order valence-corrected chi connectivity index (χ2v) is 4.83. The minimum absolute atomic E-state index is 0.0681. The number of carboxylic acid groups (broad SMARTS) is 1. The Morgan fingerprint density at radius 1 is 1.40 bits per heavy atom. The fourth-order valence-corrected chi connectivity index (χ4v) is 1.91. The maximum atomic E-state index is 11.7. The Labute approximate surface area is 118 Å². The summed E-state index contributed by atoms with van der Waals surface area (Å²) in [6.07, 6.45) is 1.94. The second kappa shape index (κ2) is 7.53. The van der Waals surface area contributed by atoms with Gasteiger partial charge in [-0.2, -0.15) is 0 Å². The van der Waals surface area contributed by atoms with Gasteiger partial charge in [0.05, 0.1) is 5.56 Å². The summed E-state index contributed by atoms with van der Waals surface area (Å²) < 4.78 is 5.41. The Bertz CT molecular complexity index is 485. The van der Waals surface area contributed by atoms with Crippen molar-refractivity contribution in [2.24, 2.45) is 0 Å². The van der Waals surface area contributed by atoms with Gasteiger partial charge in [0.1, 0.15) is 5.75 Å². The molecule has 0 bridgehead atoms. The van der Waals surface area contributed by atoms with Crippen LogP contribution in [-0.4, -0.2) is 29.6 Å². The zero-order chi connectivity index (χ0) is 15.1. The molecule has 1 unspecified atom stereocenters. The van der Waals surface area contributed by atoms with Crippen molar-refractivity contribution in [2.45, 2.75) is 39.7 Å². The molecule has 0 aliphatic rings. The number of carbonyl (C=O) groups excluding carboxylic acids is 1. The van der Waals surface area contributed by atoms with E-state index in [9.17, 15) is 9.59 Å². The molecule has 2 N–H and O–H groups in total. The monoisotopic (exact) mass is 279 g/mol. The van der Waals surface area contributed by atoms with Crippen LogP contribution in [-0.2, 0) is 4.79 Å². The number of amides is 1. The number of aryl methyl sites for hydroxylation is 1. The molecule has 20 heavy (non-hydrogen) atoms. The predicted octanol–water partition coefficient (Wildman–Crippen LogP) is 2.38. The SMILES string of the molecule is CCCC(C)NC(=O)COc1ccc(C(=O)O)cc1C. The van der Waals surface area contributed by atoms with Gasteiger partial charge in [-0.05, 0) is 44.0 Å². The van der Waals surface area contributed by atoms with Crippen molar-refractivity contribution in [1.29, 1.82) is 0 Å². The Morgan fingerprint density at radius 3 is 2.65 bits per heavy atom. The highest BCUT2D eigenvalue weighted by Crippen LogP contribution is 2.19. The van der Waals surface area contributed by atoms with Crippen LogP contribution in [0.3, 0.4) is 0 Å². The number of nitrogens with one attached hydrogen (secondary N) is 1. The molecule has 0 aromatic heterocycles. The van der Waals surface area contributed by atoms with E-state index in [4.69, 9.17) is 9.84 Å². The molecular formula is C15H21NO4. The molecule has 1 aromatic carbocycles. The van der Waals surface area contributed by atoms with Crippen LogP contribution in [0.2, 0.25) is 0 Å². The number of ether oxygens (including phenoxy) is 1. The van der Waals surface area contributed by atoms with Crippen molar-refractivity contribution in [1.82, 2.24) is 5.32 Å². The summed E-state index contributed by atoms with van der Waals surface area (Å²) in [6.45, 7) is 5.70. The minimum atomic E-state index is -0.981. The van der Waals surface area contributed by atoms with Crippen molar-refractivity contribution in [3.05, 3.63) is 29.3 Å². The van der Waals surface area contributed by atoms with E-state index in [1.165, 1.54) is 12.1 Å². The van der Waals surface area contributed by atoms with Crippen molar-refractivity contribution < 1.29 is 19.4 Å². The van der Waals surface area contributed by atoms with E-state index >= 15 is 0 Å². The normalized spacial score (nSPS) is 11.8. The Morgan fingerprint density at radius 2 is 2.10 bits per heavy atom. The molecule has 0 aliphatic heterocycles. The largest absolute Gasteiger partial charge is 0.484 e. The number of hydrogen-bond donors (Lipinski definition) is 2. The highest BCUT2D eigenvalue weighted by molar-refractivity contribution is 5.88. The van der Waals surface area contributed by atoms with E-state index in [1.807, 2.05) is 6.92 Å². The standard InChI is InChI=1S/C15H21NO4/c1-4-5-11(3)16-14(17)9-20-13-7-6-12(15(18)19)8-10(13)2/h6-8,11H,4-5,9H2,1-3H3,(H,16,17)(H,18,19). The van der Waals surface area contributed by atoms with Crippen molar-refractivity contribution in [3.8, 4) is 5.75 Å². The molecule has 5 nitrogen and oxygen atoms in total. The van der Waals surface area contributed by atoms with Gasteiger partial charge >= 0.3 is 5.97 Å². The fourth-order valence-electron chi connectivity index (χ4n) is 1.91. The first-order valence-corrected chi connectivity index (χ1v) is 6.70. The molecule has 5 heteroatoms. The van der Waals surface area contributed by atoms with E-state index in [0.29, 0.717) is 11.3 Å². The molecule has 110 valence electrons. The van der Waals surface area contributed by atoms with Gasteiger partial charge in [0.2, 0.25) is 0 Å². The van der Waals surface area contributed by atoms with Gasteiger partial charge in [0.25, 0.3) is 5.91 Å². The Balaban J connectivity index is 2.53. The van der Waals surface area contributed by atoms with E-state index < -0.39 is 5.97 Å². The first-order valence-electron chi connectivity index (χ1n) is 6.70. The van der Waals surface area contributed by atoms with Gasteiger partial charge in [-0.3, -0.25) is 4.79 Å². The van der Waals surface area contributed by atoms with Crippen LogP contribution in [0.5, 0.6) is 5.75 Å². The highest BCUT2D eigenvalue weighted by Gasteiger charge is 2.10. The molecule has 0 fully saturated rings. The molecule has 1 atom stereocenters. The van der Waals surface area contributed by atoms with Gasteiger partial charge in [-0.25, -0.2) is 4.79 Å². The molecule has 1 aromatic rings. The zero-order valence-electron chi connectivity index (χ0n) is 12.1. The lowest BCUT2D eigenvalue weighted by Gasteiger charge is -2.14. The summed E-state index contributed by atoms with van der Waals surface area (Å²) >= 11 is 0. The van der Waals surface area contributed by atoms with Gasteiger partial charge in [0.15, 0.2) is 6.61 Å². The molecule has 0 spiro atoms. The van der Waals surface area contributed by atoms with Crippen LogP contribution in [0.1, 0.15) is 42.6 Å². The van der Waals surface area contributed by atoms with E-state index in [1.54, 1.807) is 13.0 Å². The molecule has 0 saturated heterocycles. The third kappa shape index (κ3) is 4.91. The topological polar surface area (TPSA) is 75.6 Å². The quantitative estimate of drug-likeness (QED) is 0.803. The van der Waals surface area contributed by atoms with Crippen LogP contribution in [0.25, 0.3) is 0 Å². The molecule has 1 amide bonds. The average molecular weight is 279 g/mol. The Kier molecular flexibility index (Phi) is 6.03. The van der Waals surface area contributed by atoms with Crippen molar-refractivity contribution >= 4 is 11.9 Å². The van der Waals surface area contributed by atoms with Crippen LogP contribution >= 0.6 is 0 Å². The van der Waals surface area contributed by atoms with Gasteiger partial charge in [-0.1, -0.05) is 13.3 Å². The number of rotatable bonds is 7. The van der Waals surface area contributed by atoms with E-state index in [2.05, 4.69) is 12.2 Å². The summed E-state index contributed by atoms with van der Waals surface area (Å²) in [5.74, 6) is -0.633. The van der Waals surface area contributed by atoms with Crippen molar-refractivity contribution in [3.63, 3.8) is 0 Å². The van der Waals surface area contributed by atoms with Crippen LogP contribution in [0, 0.1) is 6.92 Å². The predicted molar refractivity (Wildman–Crippen MR) is 76.1 cm³/mol. The van der Waals surface area contributed by atoms with E-state index in [-0.39, 0.29) is 24.1 Å². The van der Waals surface area contributed by atoms with Crippen molar-refractivity contribution in [2.75, 3.05) is 6.61 Å². The summed E-state index contributed by atoms with van der Waals surface area (Å²) in [5.41, 5.74) is 0.898. The number of carboxylic acids is 1. The van der Waals surface area contributed by atoms with Gasteiger partial charge in [0, 0.05) is 6.04 Å². The lowest BCUT2D eigenvalue weighted by molar-refractivity contribution is -0.123. The third-order valence-electron chi connectivity index (χ3n) is 2.91. The number of aromatic carboxylic acids is 1. The number of benzene rings is 1. The van der Waals surface area contributed by atoms with Crippen LogP contribution in [0.15, 0.2) is 18.2 Å². The number of hydrogen-bond acceptors (Lipinski definition) is 3. The lowest BCUT2D eigenvalue weighted by atomic mass is 10.1. The maximum Gasteiger partial charge on any atom is 0.335 e. The van der Waals surface area contributed by atoms with Gasteiger partial charge < -0.3 is 15.2 Å². The Hall–Kier alpha value is -2.04. The molecule has 0 saturated carbocycles. The summed E-state index contributed by atoms with van der Waals surface area (Å²) in [5, 5.41) is 11.7. The summed E-state index contributed by atoms with van der Waals surface area (Å²) in [7, 11) is 0. The summed E-state index contributed by atoms with van der Waals surface area (Å²) in [6, 6.07) is 4.69. The first kappa shape index (κ1) is 16.0. The fraction of sp³-hybridized carbons (Fsp3) is 0.467. The smallest absolute Gasteiger partial charge is 0.335 e. The van der Waals surface area contributed by atoms with E-state index in [0.717, 1.165) is 12.8 Å². The summed E-state index contributed by atoms with van der Waals surface area (Å²) in [4.78, 5) is 22.5. The highest BCUT2D eigenvalue weighted by atomic mass is 16.5. The molecule has 1 rings (SSSR count). The lowest BCUT2D eigenvalue weighted by Crippen LogP contribution is -2.36. The van der Waals surface area contributed by atoms with Gasteiger partial charge in [-0.15, -0.1) is 0 Å². The second-order valence-electron chi connectivity index (χ2n) is 4.83. The molecule has 0 heterocycles. The molecule has 0 radical (unpaired) electrons. The minimum Gasteiger partial charge on any atom is -0.484 e. The molecular weight excluding hydrogens is 258 g/mol.